The van der Waals surface area contributed by atoms with E-state index in [9.17, 15) is 4.79 Å². The summed E-state index contributed by atoms with van der Waals surface area (Å²) in [5.74, 6) is 1.53. The highest BCUT2D eigenvalue weighted by Gasteiger charge is 2.17. The number of fused-ring (bicyclic) bond motifs is 1. The fourth-order valence-electron chi connectivity index (χ4n) is 3.98. The maximum atomic E-state index is 13.0. The summed E-state index contributed by atoms with van der Waals surface area (Å²) in [7, 11) is 0. The predicted molar refractivity (Wildman–Crippen MR) is 136 cm³/mol. The third-order valence-electron chi connectivity index (χ3n) is 5.73. The van der Waals surface area contributed by atoms with Crippen LogP contribution in [-0.2, 0) is 12.8 Å². The van der Waals surface area contributed by atoms with E-state index < -0.39 is 0 Å². The lowest BCUT2D eigenvalue weighted by atomic mass is 10.0. The average molecular weight is 461 g/mol. The number of rotatable bonds is 10. The maximum absolute atomic E-state index is 13.0. The molecule has 4 rings (SSSR count). The SMILES string of the molecule is CCCCCc1c(C(=O)NCCc2ccc(Oc3ccccc3)cc2)[nH]c2ccc(Cl)cc12. The van der Waals surface area contributed by atoms with Crippen molar-refractivity contribution in [2.45, 2.75) is 39.0 Å². The second-order valence-electron chi connectivity index (χ2n) is 8.19. The Morgan fingerprint density at radius 3 is 2.45 bits per heavy atom. The summed E-state index contributed by atoms with van der Waals surface area (Å²) >= 11 is 6.23. The molecular weight excluding hydrogens is 432 g/mol. The van der Waals surface area contributed by atoms with E-state index in [1.54, 1.807) is 0 Å². The van der Waals surface area contributed by atoms with Gasteiger partial charge in [0.05, 0.1) is 0 Å². The topological polar surface area (TPSA) is 54.1 Å². The van der Waals surface area contributed by atoms with Crippen LogP contribution in [0.3, 0.4) is 0 Å². The molecule has 0 spiro atoms. The molecule has 170 valence electrons. The predicted octanol–water partition coefficient (Wildman–Crippen LogP) is 7.32. The molecule has 4 nitrogen and oxygen atoms in total. The van der Waals surface area contributed by atoms with E-state index >= 15 is 0 Å². The summed E-state index contributed by atoms with van der Waals surface area (Å²) in [5.41, 5.74) is 3.79. The summed E-state index contributed by atoms with van der Waals surface area (Å²) < 4.78 is 5.84. The Hall–Kier alpha value is -3.24. The highest BCUT2D eigenvalue weighted by atomic mass is 35.5. The number of ether oxygens (including phenoxy) is 1. The van der Waals surface area contributed by atoms with E-state index in [0.717, 1.165) is 65.6 Å². The molecule has 0 atom stereocenters. The Labute approximate surface area is 199 Å². The van der Waals surface area contributed by atoms with E-state index in [4.69, 9.17) is 16.3 Å². The van der Waals surface area contributed by atoms with Crippen molar-refractivity contribution < 1.29 is 9.53 Å². The fraction of sp³-hybridized carbons (Fsp3) is 0.250. The normalized spacial score (nSPS) is 11.0. The number of hydrogen-bond acceptors (Lipinski definition) is 2. The number of unbranched alkanes of at least 4 members (excludes halogenated alkanes) is 2. The molecule has 4 aromatic rings. The first-order chi connectivity index (χ1) is 16.1. The quantitative estimate of drug-likeness (QED) is 0.243. The largest absolute Gasteiger partial charge is 0.457 e. The molecule has 3 aromatic carbocycles. The Kier molecular flexibility index (Phi) is 7.69. The van der Waals surface area contributed by atoms with E-state index in [2.05, 4.69) is 17.2 Å². The lowest BCUT2D eigenvalue weighted by molar-refractivity contribution is 0.0949. The minimum atomic E-state index is -0.0714. The van der Waals surface area contributed by atoms with Gasteiger partial charge in [-0.05, 0) is 72.9 Å². The van der Waals surface area contributed by atoms with Gasteiger partial charge in [-0.1, -0.05) is 61.7 Å². The van der Waals surface area contributed by atoms with E-state index in [1.165, 1.54) is 0 Å². The zero-order valence-electron chi connectivity index (χ0n) is 18.9. The Morgan fingerprint density at radius 2 is 1.70 bits per heavy atom. The van der Waals surface area contributed by atoms with Gasteiger partial charge in [0.2, 0.25) is 0 Å². The molecular formula is C28H29ClN2O2. The van der Waals surface area contributed by atoms with Crippen LogP contribution in [0, 0.1) is 0 Å². The number of amides is 1. The van der Waals surface area contributed by atoms with Crippen molar-refractivity contribution in [1.82, 2.24) is 10.3 Å². The van der Waals surface area contributed by atoms with Crippen LogP contribution in [0.1, 0.15) is 47.8 Å². The van der Waals surface area contributed by atoms with Crippen molar-refractivity contribution in [1.29, 1.82) is 0 Å². The van der Waals surface area contributed by atoms with Crippen LogP contribution >= 0.6 is 11.6 Å². The number of H-pyrrole nitrogens is 1. The number of carbonyl (C=O) groups is 1. The van der Waals surface area contributed by atoms with Gasteiger partial charge >= 0.3 is 0 Å². The summed E-state index contributed by atoms with van der Waals surface area (Å²) in [4.78, 5) is 16.3. The van der Waals surface area contributed by atoms with Crippen molar-refractivity contribution in [3.05, 3.63) is 94.6 Å². The van der Waals surface area contributed by atoms with E-state index in [0.29, 0.717) is 17.3 Å². The van der Waals surface area contributed by atoms with Crippen molar-refractivity contribution >= 4 is 28.4 Å². The second-order valence-corrected chi connectivity index (χ2v) is 8.63. The molecule has 1 heterocycles. The highest BCUT2D eigenvalue weighted by molar-refractivity contribution is 6.31. The molecule has 2 N–H and O–H groups in total. The number of carbonyl (C=O) groups excluding carboxylic acids is 1. The smallest absolute Gasteiger partial charge is 0.268 e. The summed E-state index contributed by atoms with van der Waals surface area (Å²) in [6.45, 7) is 2.74. The zero-order chi connectivity index (χ0) is 23.0. The minimum absolute atomic E-state index is 0.0714. The number of aromatic amines is 1. The van der Waals surface area contributed by atoms with Gasteiger partial charge in [0.1, 0.15) is 17.2 Å². The average Bonchev–Trinajstić information content (AvgIpc) is 3.19. The third kappa shape index (κ3) is 5.96. The molecule has 5 heteroatoms. The molecule has 0 bridgehead atoms. The number of hydrogen-bond donors (Lipinski definition) is 2. The first-order valence-corrected chi connectivity index (χ1v) is 11.9. The number of para-hydroxylation sites is 1. The molecule has 0 saturated heterocycles. The van der Waals surface area contributed by atoms with Gasteiger partial charge in [0.25, 0.3) is 5.91 Å². The second kappa shape index (κ2) is 11.1. The molecule has 0 fully saturated rings. The van der Waals surface area contributed by atoms with Crippen LogP contribution < -0.4 is 10.1 Å². The van der Waals surface area contributed by atoms with Crippen molar-refractivity contribution in [2.24, 2.45) is 0 Å². The van der Waals surface area contributed by atoms with Crippen molar-refractivity contribution in [3.63, 3.8) is 0 Å². The molecule has 0 aliphatic carbocycles. The van der Waals surface area contributed by atoms with Gasteiger partial charge in [-0.25, -0.2) is 0 Å². The monoisotopic (exact) mass is 460 g/mol. The van der Waals surface area contributed by atoms with Gasteiger partial charge in [0.15, 0.2) is 0 Å². The first kappa shape index (κ1) is 22.9. The standard InChI is InChI=1S/C28H29ClN2O2/c1-2-3-5-10-24-25-19-21(29)13-16-26(25)31-27(24)28(32)30-18-17-20-11-14-23(15-12-20)33-22-8-6-4-7-9-22/h4,6-9,11-16,19,31H,2-3,5,10,17-18H2,1H3,(H,30,32). The number of benzene rings is 3. The zero-order valence-corrected chi connectivity index (χ0v) is 19.6. The fourth-order valence-corrected chi connectivity index (χ4v) is 4.15. The van der Waals surface area contributed by atoms with Crippen LogP contribution in [0.4, 0.5) is 0 Å². The molecule has 0 aliphatic heterocycles. The highest BCUT2D eigenvalue weighted by Crippen LogP contribution is 2.27. The number of aromatic nitrogens is 1. The van der Waals surface area contributed by atoms with Crippen LogP contribution in [-0.4, -0.2) is 17.4 Å². The summed E-state index contributed by atoms with van der Waals surface area (Å²) in [5, 5.41) is 4.80. The lowest BCUT2D eigenvalue weighted by Gasteiger charge is -2.09. The van der Waals surface area contributed by atoms with Gasteiger partial charge in [-0.3, -0.25) is 4.79 Å². The third-order valence-corrected chi connectivity index (χ3v) is 5.96. The van der Waals surface area contributed by atoms with E-state index in [1.807, 2.05) is 72.8 Å². The van der Waals surface area contributed by atoms with Crippen LogP contribution in [0.5, 0.6) is 11.5 Å². The van der Waals surface area contributed by atoms with E-state index in [-0.39, 0.29) is 5.91 Å². The van der Waals surface area contributed by atoms with Gasteiger partial charge in [-0.2, -0.15) is 0 Å². The van der Waals surface area contributed by atoms with Gasteiger partial charge in [0, 0.05) is 22.5 Å². The first-order valence-electron chi connectivity index (χ1n) is 11.5. The Bertz CT molecular complexity index is 1200. The number of halogens is 1. The minimum Gasteiger partial charge on any atom is -0.457 e. The molecule has 33 heavy (non-hydrogen) atoms. The van der Waals surface area contributed by atoms with Gasteiger partial charge < -0.3 is 15.0 Å². The molecule has 0 aliphatic rings. The maximum Gasteiger partial charge on any atom is 0.268 e. The van der Waals surface area contributed by atoms with Crippen LogP contribution in [0.2, 0.25) is 5.02 Å². The van der Waals surface area contributed by atoms with Gasteiger partial charge in [-0.15, -0.1) is 0 Å². The lowest BCUT2D eigenvalue weighted by Crippen LogP contribution is -2.26. The number of nitrogens with one attached hydrogen (secondary N) is 2. The molecule has 1 aromatic heterocycles. The molecule has 0 saturated carbocycles. The van der Waals surface area contributed by atoms with Crippen LogP contribution in [0.15, 0.2) is 72.8 Å². The molecule has 0 radical (unpaired) electrons. The number of aryl methyl sites for hydroxylation is 1. The molecule has 1 amide bonds. The summed E-state index contributed by atoms with van der Waals surface area (Å²) in [6.07, 6.45) is 4.93. The van der Waals surface area contributed by atoms with Crippen molar-refractivity contribution in [3.8, 4) is 11.5 Å². The van der Waals surface area contributed by atoms with Crippen molar-refractivity contribution in [2.75, 3.05) is 6.54 Å². The van der Waals surface area contributed by atoms with Crippen LogP contribution in [0.25, 0.3) is 10.9 Å². The summed E-state index contributed by atoms with van der Waals surface area (Å²) in [6, 6.07) is 23.4. The Morgan fingerprint density at radius 1 is 0.939 bits per heavy atom. The Balaban J connectivity index is 1.38. The molecule has 0 unspecified atom stereocenters.